The van der Waals surface area contributed by atoms with Crippen LogP contribution in [0.4, 0.5) is 11.5 Å². The van der Waals surface area contributed by atoms with Crippen molar-refractivity contribution in [2.75, 3.05) is 23.7 Å². The van der Waals surface area contributed by atoms with Crippen LogP contribution >= 0.6 is 15.9 Å². The Morgan fingerprint density at radius 3 is 2.58 bits per heavy atom. The predicted octanol–water partition coefficient (Wildman–Crippen LogP) is 4.07. The third kappa shape index (κ3) is 4.56. The molecule has 0 saturated heterocycles. The summed E-state index contributed by atoms with van der Waals surface area (Å²) in [5, 5.41) is 6.74. The van der Waals surface area contributed by atoms with Crippen molar-refractivity contribution in [3.8, 4) is 0 Å². The van der Waals surface area contributed by atoms with Crippen molar-refractivity contribution in [3.63, 3.8) is 0 Å². The second-order valence-corrected chi connectivity index (χ2v) is 5.31. The van der Waals surface area contributed by atoms with Gasteiger partial charge < -0.3 is 10.6 Å². The third-order valence-corrected chi connectivity index (χ3v) is 3.23. The van der Waals surface area contributed by atoms with Crippen LogP contribution in [-0.2, 0) is 0 Å². The van der Waals surface area contributed by atoms with Crippen molar-refractivity contribution in [2.24, 2.45) is 0 Å². The van der Waals surface area contributed by atoms with Gasteiger partial charge in [-0.2, -0.15) is 0 Å². The summed E-state index contributed by atoms with van der Waals surface area (Å²) in [4.78, 5) is 4.36. The molecule has 1 aromatic carbocycles. The number of nitrogens with zero attached hydrogens (tertiary/aromatic N) is 1. The number of pyridine rings is 1. The first kappa shape index (κ1) is 13.9. The monoisotopic (exact) mass is 319 g/mol. The van der Waals surface area contributed by atoms with Crippen LogP contribution in [0.3, 0.4) is 0 Å². The Morgan fingerprint density at radius 1 is 1.11 bits per heavy atom. The van der Waals surface area contributed by atoms with Gasteiger partial charge in [0.05, 0.1) is 0 Å². The second-order valence-electron chi connectivity index (χ2n) is 4.39. The first-order valence-corrected chi connectivity index (χ1v) is 7.20. The molecule has 0 unspecified atom stereocenters. The molecule has 0 aliphatic rings. The van der Waals surface area contributed by atoms with Crippen molar-refractivity contribution < 1.29 is 0 Å². The van der Waals surface area contributed by atoms with Crippen LogP contribution in [0.2, 0.25) is 0 Å². The van der Waals surface area contributed by atoms with Crippen LogP contribution in [0.25, 0.3) is 0 Å². The molecule has 1 heterocycles. The number of nitrogens with one attached hydrogen (secondary N) is 2. The van der Waals surface area contributed by atoms with E-state index in [2.05, 4.69) is 56.7 Å². The summed E-state index contributed by atoms with van der Waals surface area (Å²) in [6.07, 6.45) is 2.86. The fourth-order valence-electron chi connectivity index (χ4n) is 1.81. The molecule has 1 aromatic heterocycles. The van der Waals surface area contributed by atoms with Gasteiger partial charge in [0.25, 0.3) is 0 Å². The zero-order valence-electron chi connectivity index (χ0n) is 11.0. The van der Waals surface area contributed by atoms with E-state index in [1.807, 2.05) is 24.4 Å². The molecule has 0 atom stereocenters. The zero-order valence-corrected chi connectivity index (χ0v) is 12.6. The summed E-state index contributed by atoms with van der Waals surface area (Å²) in [6, 6.07) is 12.3. The lowest BCUT2D eigenvalue weighted by molar-refractivity contribution is 0.902. The van der Waals surface area contributed by atoms with Crippen LogP contribution in [0, 0.1) is 6.92 Å². The number of para-hydroxylation sites is 1. The molecule has 0 amide bonds. The minimum atomic E-state index is 0.912. The van der Waals surface area contributed by atoms with Gasteiger partial charge in [-0.15, -0.1) is 0 Å². The molecule has 0 aliphatic carbocycles. The highest BCUT2D eigenvalue weighted by Crippen LogP contribution is 2.16. The molecule has 100 valence electrons. The van der Waals surface area contributed by atoms with E-state index in [0.29, 0.717) is 0 Å². The number of aryl methyl sites for hydroxylation is 1. The molecule has 2 aromatic rings. The molecule has 2 rings (SSSR count). The van der Waals surface area contributed by atoms with Crippen molar-refractivity contribution in [1.82, 2.24) is 4.98 Å². The van der Waals surface area contributed by atoms with Gasteiger partial charge in [-0.1, -0.05) is 18.2 Å². The Bertz CT molecular complexity index is 514. The van der Waals surface area contributed by atoms with Crippen molar-refractivity contribution in [3.05, 3.63) is 52.6 Å². The largest absolute Gasteiger partial charge is 0.385 e. The summed E-state index contributed by atoms with van der Waals surface area (Å²) in [5.41, 5.74) is 2.32. The number of hydrogen-bond donors (Lipinski definition) is 2. The number of rotatable bonds is 6. The van der Waals surface area contributed by atoms with E-state index in [0.717, 1.165) is 35.4 Å². The molecule has 3 nitrogen and oxygen atoms in total. The first-order chi connectivity index (χ1) is 9.25. The Labute approximate surface area is 122 Å². The summed E-state index contributed by atoms with van der Waals surface area (Å²) in [7, 11) is 0. The van der Waals surface area contributed by atoms with E-state index in [-0.39, 0.29) is 0 Å². The Morgan fingerprint density at radius 2 is 1.84 bits per heavy atom. The molecular formula is C15H18BrN3. The summed E-state index contributed by atoms with van der Waals surface area (Å²) in [6.45, 7) is 3.92. The molecule has 0 aliphatic heterocycles. The van der Waals surface area contributed by atoms with Crippen LogP contribution in [0.1, 0.15) is 12.0 Å². The first-order valence-electron chi connectivity index (χ1n) is 6.40. The maximum absolute atomic E-state index is 4.36. The second kappa shape index (κ2) is 7.14. The van der Waals surface area contributed by atoms with Crippen LogP contribution in [0.5, 0.6) is 0 Å². The molecule has 0 saturated carbocycles. The molecule has 19 heavy (non-hydrogen) atoms. The van der Waals surface area contributed by atoms with E-state index in [9.17, 15) is 0 Å². The highest BCUT2D eigenvalue weighted by molar-refractivity contribution is 9.10. The van der Waals surface area contributed by atoms with Crippen LogP contribution in [0.15, 0.2) is 47.1 Å². The molecule has 2 N–H and O–H groups in total. The van der Waals surface area contributed by atoms with Crippen LogP contribution < -0.4 is 10.6 Å². The number of hydrogen-bond acceptors (Lipinski definition) is 3. The van der Waals surface area contributed by atoms with Gasteiger partial charge in [-0.05, 0) is 53.0 Å². The van der Waals surface area contributed by atoms with Gasteiger partial charge in [0.2, 0.25) is 0 Å². The maximum atomic E-state index is 4.36. The Balaban J connectivity index is 1.69. The quantitative estimate of drug-likeness (QED) is 0.788. The van der Waals surface area contributed by atoms with Gasteiger partial charge in [-0.25, -0.2) is 4.98 Å². The summed E-state index contributed by atoms with van der Waals surface area (Å²) >= 11 is 3.41. The minimum absolute atomic E-state index is 0.912. The molecule has 0 fully saturated rings. The molecule has 0 spiro atoms. The standard InChI is InChI=1S/C15H18BrN3/c1-12-10-13(16)11-19-15(12)18-9-5-8-17-14-6-3-2-4-7-14/h2-4,6-7,10-11,17H,5,8-9H2,1H3,(H,18,19). The van der Waals surface area contributed by atoms with Gasteiger partial charge in [0.15, 0.2) is 0 Å². The lowest BCUT2D eigenvalue weighted by Gasteiger charge is -2.09. The van der Waals surface area contributed by atoms with E-state index in [1.165, 1.54) is 5.69 Å². The lowest BCUT2D eigenvalue weighted by Crippen LogP contribution is -2.10. The maximum Gasteiger partial charge on any atom is 0.128 e. The van der Waals surface area contributed by atoms with Crippen molar-refractivity contribution in [2.45, 2.75) is 13.3 Å². The molecular weight excluding hydrogens is 302 g/mol. The molecule has 0 radical (unpaired) electrons. The van der Waals surface area contributed by atoms with Gasteiger partial charge >= 0.3 is 0 Å². The summed E-state index contributed by atoms with van der Waals surface area (Å²) < 4.78 is 1.02. The zero-order chi connectivity index (χ0) is 13.5. The number of halogens is 1. The SMILES string of the molecule is Cc1cc(Br)cnc1NCCCNc1ccccc1. The van der Waals surface area contributed by atoms with Gasteiger partial charge in [0, 0.05) is 29.4 Å². The normalized spacial score (nSPS) is 10.2. The number of aromatic nitrogens is 1. The van der Waals surface area contributed by atoms with Crippen molar-refractivity contribution >= 4 is 27.4 Å². The topological polar surface area (TPSA) is 37.0 Å². The fourth-order valence-corrected chi connectivity index (χ4v) is 2.26. The molecule has 0 bridgehead atoms. The number of benzene rings is 1. The fraction of sp³-hybridized carbons (Fsp3) is 0.267. The van der Waals surface area contributed by atoms with Gasteiger partial charge in [0.1, 0.15) is 5.82 Å². The van der Waals surface area contributed by atoms with Crippen molar-refractivity contribution in [1.29, 1.82) is 0 Å². The Hall–Kier alpha value is -1.55. The highest BCUT2D eigenvalue weighted by Gasteiger charge is 1.99. The lowest BCUT2D eigenvalue weighted by atomic mass is 10.3. The average molecular weight is 320 g/mol. The third-order valence-electron chi connectivity index (χ3n) is 2.79. The predicted molar refractivity (Wildman–Crippen MR) is 84.7 cm³/mol. The average Bonchev–Trinajstić information content (AvgIpc) is 2.42. The van der Waals surface area contributed by atoms with E-state index in [4.69, 9.17) is 0 Å². The summed E-state index contributed by atoms with van der Waals surface area (Å²) in [5.74, 6) is 0.961. The van der Waals surface area contributed by atoms with E-state index >= 15 is 0 Å². The Kier molecular flexibility index (Phi) is 5.21. The molecule has 4 heteroatoms. The van der Waals surface area contributed by atoms with Crippen LogP contribution in [-0.4, -0.2) is 18.1 Å². The minimum Gasteiger partial charge on any atom is -0.385 e. The van der Waals surface area contributed by atoms with E-state index < -0.39 is 0 Å². The smallest absolute Gasteiger partial charge is 0.128 e. The number of anilines is 2. The van der Waals surface area contributed by atoms with Gasteiger partial charge in [-0.3, -0.25) is 0 Å². The van der Waals surface area contributed by atoms with E-state index in [1.54, 1.807) is 0 Å². The highest BCUT2D eigenvalue weighted by atomic mass is 79.9.